The standard InChI is InChI=1S/C9H12NO/c10-9(11)7-6-8-4-2-1-3-5-8/h2-5,9,11H,6-7,10H2/t9-/m0/s1. The Bertz CT molecular complexity index is 196. The minimum Gasteiger partial charge on any atom is -0.379 e. The van der Waals surface area contributed by atoms with Crippen LogP contribution >= 0.6 is 0 Å². The first-order valence-corrected chi connectivity index (χ1v) is 3.67. The SMILES string of the molecule is N[C@@H](O)CCc1cc[c]cc1. The van der Waals surface area contributed by atoms with Crippen LogP contribution < -0.4 is 5.73 Å². The van der Waals surface area contributed by atoms with Crippen LogP contribution in [-0.2, 0) is 6.42 Å². The molecule has 0 aliphatic heterocycles. The van der Waals surface area contributed by atoms with Gasteiger partial charge in [-0.1, -0.05) is 24.3 Å². The molecule has 0 aromatic heterocycles. The predicted molar refractivity (Wildman–Crippen MR) is 43.8 cm³/mol. The minimum atomic E-state index is -0.695. The summed E-state index contributed by atoms with van der Waals surface area (Å²) in [5.41, 5.74) is 6.38. The average Bonchev–Trinajstić information content (AvgIpc) is 2.03. The third kappa shape index (κ3) is 3.16. The van der Waals surface area contributed by atoms with Gasteiger partial charge in [-0.25, -0.2) is 0 Å². The number of hydrogen-bond donors (Lipinski definition) is 2. The Labute approximate surface area is 66.7 Å². The monoisotopic (exact) mass is 150 g/mol. The summed E-state index contributed by atoms with van der Waals surface area (Å²) >= 11 is 0. The molecule has 0 saturated carbocycles. The lowest BCUT2D eigenvalue weighted by Crippen LogP contribution is -2.19. The molecule has 0 heterocycles. The van der Waals surface area contributed by atoms with Gasteiger partial charge in [-0.05, 0) is 24.5 Å². The van der Waals surface area contributed by atoms with Crippen molar-refractivity contribution in [3.63, 3.8) is 0 Å². The zero-order valence-electron chi connectivity index (χ0n) is 6.33. The first-order valence-electron chi connectivity index (χ1n) is 3.67. The molecule has 0 bridgehead atoms. The highest BCUT2D eigenvalue weighted by atomic mass is 16.3. The summed E-state index contributed by atoms with van der Waals surface area (Å²) in [5, 5.41) is 8.78. The van der Waals surface area contributed by atoms with Crippen molar-refractivity contribution >= 4 is 0 Å². The van der Waals surface area contributed by atoms with Crippen LogP contribution in [0.25, 0.3) is 0 Å². The molecule has 0 aliphatic carbocycles. The number of rotatable bonds is 3. The van der Waals surface area contributed by atoms with E-state index in [2.05, 4.69) is 6.07 Å². The van der Waals surface area contributed by atoms with E-state index in [0.717, 1.165) is 6.42 Å². The fourth-order valence-electron chi connectivity index (χ4n) is 0.903. The molecule has 0 aliphatic rings. The molecule has 0 unspecified atom stereocenters. The van der Waals surface area contributed by atoms with Gasteiger partial charge in [-0.2, -0.15) is 0 Å². The van der Waals surface area contributed by atoms with Crippen LogP contribution in [0, 0.1) is 6.07 Å². The summed E-state index contributed by atoms with van der Waals surface area (Å²) in [7, 11) is 0. The van der Waals surface area contributed by atoms with E-state index in [1.165, 1.54) is 5.56 Å². The van der Waals surface area contributed by atoms with E-state index >= 15 is 0 Å². The van der Waals surface area contributed by atoms with Crippen molar-refractivity contribution in [2.24, 2.45) is 5.73 Å². The van der Waals surface area contributed by atoms with Gasteiger partial charge < -0.3 is 10.8 Å². The smallest absolute Gasteiger partial charge is 0.102 e. The second kappa shape index (κ2) is 4.11. The minimum absolute atomic E-state index is 0.615. The van der Waals surface area contributed by atoms with E-state index in [1.54, 1.807) is 0 Å². The Balaban J connectivity index is 2.39. The normalized spacial score (nSPS) is 12.9. The molecule has 1 aromatic carbocycles. The van der Waals surface area contributed by atoms with E-state index in [4.69, 9.17) is 10.8 Å². The Hall–Kier alpha value is -0.860. The maximum absolute atomic E-state index is 8.78. The van der Waals surface area contributed by atoms with Crippen molar-refractivity contribution in [2.45, 2.75) is 19.1 Å². The number of nitrogens with two attached hydrogens (primary N) is 1. The van der Waals surface area contributed by atoms with Gasteiger partial charge in [0.05, 0.1) is 0 Å². The Morgan fingerprint density at radius 3 is 2.64 bits per heavy atom. The Morgan fingerprint density at radius 2 is 2.09 bits per heavy atom. The summed E-state index contributed by atoms with van der Waals surface area (Å²) in [6.07, 6.45) is 0.746. The third-order valence-electron chi connectivity index (χ3n) is 1.52. The molecule has 3 N–H and O–H groups in total. The van der Waals surface area contributed by atoms with Crippen LogP contribution in [0.1, 0.15) is 12.0 Å². The van der Waals surface area contributed by atoms with Crippen LogP contribution in [0.4, 0.5) is 0 Å². The van der Waals surface area contributed by atoms with Gasteiger partial charge in [-0.3, -0.25) is 0 Å². The molecule has 0 saturated heterocycles. The summed E-state index contributed by atoms with van der Waals surface area (Å²) in [5.74, 6) is 0. The van der Waals surface area contributed by atoms with Gasteiger partial charge in [0.2, 0.25) is 0 Å². The molecule has 1 rings (SSSR count). The van der Waals surface area contributed by atoms with Crippen LogP contribution in [0.5, 0.6) is 0 Å². The summed E-state index contributed by atoms with van der Waals surface area (Å²) in [4.78, 5) is 0. The summed E-state index contributed by atoms with van der Waals surface area (Å²) in [6, 6.07) is 10.6. The number of hydrogen-bond acceptors (Lipinski definition) is 2. The first-order chi connectivity index (χ1) is 5.29. The van der Waals surface area contributed by atoms with Gasteiger partial charge >= 0.3 is 0 Å². The van der Waals surface area contributed by atoms with Crippen LogP contribution in [0.2, 0.25) is 0 Å². The van der Waals surface area contributed by atoms with Crippen molar-refractivity contribution < 1.29 is 5.11 Å². The van der Waals surface area contributed by atoms with Crippen molar-refractivity contribution in [1.82, 2.24) is 0 Å². The van der Waals surface area contributed by atoms with E-state index in [-0.39, 0.29) is 0 Å². The highest BCUT2D eigenvalue weighted by Crippen LogP contribution is 2.01. The van der Waals surface area contributed by atoms with Crippen molar-refractivity contribution in [3.05, 3.63) is 35.9 Å². The van der Waals surface area contributed by atoms with Gasteiger partial charge in [-0.15, -0.1) is 0 Å². The van der Waals surface area contributed by atoms with E-state index in [1.807, 2.05) is 24.3 Å². The number of benzene rings is 1. The zero-order valence-corrected chi connectivity index (χ0v) is 6.33. The highest BCUT2D eigenvalue weighted by molar-refractivity contribution is 5.13. The number of aliphatic hydroxyl groups is 1. The molecule has 2 nitrogen and oxygen atoms in total. The molecule has 0 spiro atoms. The lowest BCUT2D eigenvalue weighted by Gasteiger charge is -2.02. The molecular formula is C9H12NO. The quantitative estimate of drug-likeness (QED) is 0.623. The summed E-state index contributed by atoms with van der Waals surface area (Å²) < 4.78 is 0. The molecule has 11 heavy (non-hydrogen) atoms. The first kappa shape index (κ1) is 8.24. The molecule has 0 fully saturated rings. The predicted octanol–water partition coefficient (Wildman–Crippen LogP) is 0.696. The summed E-state index contributed by atoms with van der Waals surface area (Å²) in [6.45, 7) is 0. The Kier molecular flexibility index (Phi) is 3.08. The number of aryl methyl sites for hydroxylation is 1. The highest BCUT2D eigenvalue weighted by Gasteiger charge is 1.95. The fraction of sp³-hybridized carbons (Fsp3) is 0.333. The third-order valence-corrected chi connectivity index (χ3v) is 1.52. The molecular weight excluding hydrogens is 138 g/mol. The van der Waals surface area contributed by atoms with Gasteiger partial charge in [0.15, 0.2) is 0 Å². The topological polar surface area (TPSA) is 46.2 Å². The van der Waals surface area contributed by atoms with E-state index in [9.17, 15) is 0 Å². The van der Waals surface area contributed by atoms with E-state index in [0.29, 0.717) is 6.42 Å². The average molecular weight is 150 g/mol. The second-order valence-corrected chi connectivity index (χ2v) is 2.51. The molecule has 1 atom stereocenters. The maximum atomic E-state index is 8.78. The molecule has 0 amide bonds. The maximum Gasteiger partial charge on any atom is 0.102 e. The van der Waals surface area contributed by atoms with Crippen molar-refractivity contribution in [1.29, 1.82) is 0 Å². The lowest BCUT2D eigenvalue weighted by atomic mass is 10.1. The van der Waals surface area contributed by atoms with Crippen LogP contribution in [0.15, 0.2) is 24.3 Å². The van der Waals surface area contributed by atoms with Gasteiger partial charge in [0.1, 0.15) is 6.23 Å². The largest absolute Gasteiger partial charge is 0.379 e. The molecule has 1 radical (unpaired) electrons. The molecule has 59 valence electrons. The van der Waals surface area contributed by atoms with Crippen LogP contribution in [0.3, 0.4) is 0 Å². The molecule has 1 aromatic rings. The fourth-order valence-corrected chi connectivity index (χ4v) is 0.903. The number of aliphatic hydroxyl groups excluding tert-OH is 1. The second-order valence-electron chi connectivity index (χ2n) is 2.51. The van der Waals surface area contributed by atoms with Gasteiger partial charge in [0, 0.05) is 0 Å². The zero-order chi connectivity index (χ0) is 8.10. The lowest BCUT2D eigenvalue weighted by molar-refractivity contribution is 0.172. The van der Waals surface area contributed by atoms with E-state index < -0.39 is 6.23 Å². The van der Waals surface area contributed by atoms with Crippen molar-refractivity contribution in [3.8, 4) is 0 Å². The van der Waals surface area contributed by atoms with Crippen molar-refractivity contribution in [2.75, 3.05) is 0 Å². The molecule has 2 heteroatoms. The Morgan fingerprint density at radius 1 is 1.45 bits per heavy atom. The van der Waals surface area contributed by atoms with Crippen LogP contribution in [-0.4, -0.2) is 11.3 Å². The van der Waals surface area contributed by atoms with Gasteiger partial charge in [0.25, 0.3) is 0 Å².